The highest BCUT2D eigenvalue weighted by atomic mass is 16.6. The number of anilines is 1. The van der Waals surface area contributed by atoms with Gasteiger partial charge in [-0.15, -0.1) is 6.42 Å². The number of aliphatic hydroxyl groups excluding tert-OH is 1. The number of benzene rings is 3. The minimum atomic E-state index is -2.06. The van der Waals surface area contributed by atoms with Gasteiger partial charge in [-0.3, -0.25) is 14.3 Å². The molecule has 1 aliphatic rings. The van der Waals surface area contributed by atoms with Crippen molar-refractivity contribution in [2.75, 3.05) is 12.4 Å². The third-order valence-corrected chi connectivity index (χ3v) is 8.04. The van der Waals surface area contributed by atoms with E-state index in [-0.39, 0.29) is 17.1 Å². The number of hydrogen-bond acceptors (Lipinski definition) is 8. The van der Waals surface area contributed by atoms with E-state index in [4.69, 9.17) is 20.9 Å². The number of hydrogen-bond donors (Lipinski definition) is 4. The van der Waals surface area contributed by atoms with Crippen LogP contribution in [-0.2, 0) is 10.3 Å². The van der Waals surface area contributed by atoms with Crippen molar-refractivity contribution in [3.05, 3.63) is 118 Å². The van der Waals surface area contributed by atoms with Gasteiger partial charge in [0.2, 0.25) is 5.95 Å². The summed E-state index contributed by atoms with van der Waals surface area (Å²) in [6.45, 7) is 1.82. The van der Waals surface area contributed by atoms with Crippen molar-refractivity contribution in [1.29, 1.82) is 0 Å². The van der Waals surface area contributed by atoms with Crippen molar-refractivity contribution in [1.82, 2.24) is 19.5 Å². The topological polar surface area (TPSA) is 135 Å². The number of aliphatic hydroxyl groups is 2. The molecule has 4 N–H and O–H groups in total. The van der Waals surface area contributed by atoms with Crippen LogP contribution in [0.15, 0.2) is 96.1 Å². The number of rotatable bonds is 8. The zero-order chi connectivity index (χ0) is 30.2. The van der Waals surface area contributed by atoms with Gasteiger partial charge in [0.05, 0.1) is 19.5 Å². The highest BCUT2D eigenvalue weighted by molar-refractivity contribution is 5.72. The Labute approximate surface area is 248 Å². The summed E-state index contributed by atoms with van der Waals surface area (Å²) in [5.74, 6) is 3.12. The molecule has 43 heavy (non-hydrogen) atoms. The average Bonchev–Trinajstić information content (AvgIpc) is 3.59. The van der Waals surface area contributed by atoms with Crippen LogP contribution in [0, 0.1) is 12.3 Å². The number of H-pyrrole nitrogens is 1. The molecule has 5 aromatic rings. The standard InChI is InChI=1S/C33H31N5O5/c1-4-25-27(39)32(41,5-2)30(43-25)38-20-34-26-28(38)35-31(36-29(26)40)37-33(21-12-8-6-9-13-21,22-14-10-7-11-15-22)23-16-18-24(42-3)19-17-23/h2,6-20,25,27,30,39,41H,4H2,1,3H3,(H2,35,36,37,40)/t25-,27-,30-,32-/m1/s1. The number of nitrogens with zero attached hydrogens (tertiary/aromatic N) is 3. The summed E-state index contributed by atoms with van der Waals surface area (Å²) in [6.07, 6.45) is 4.15. The van der Waals surface area contributed by atoms with Gasteiger partial charge in [-0.1, -0.05) is 85.6 Å². The monoisotopic (exact) mass is 577 g/mol. The molecule has 0 saturated carbocycles. The van der Waals surface area contributed by atoms with Gasteiger partial charge < -0.3 is 25.0 Å². The quantitative estimate of drug-likeness (QED) is 0.163. The molecule has 6 rings (SSSR count). The first-order valence-electron chi connectivity index (χ1n) is 13.9. The van der Waals surface area contributed by atoms with Crippen molar-refractivity contribution in [2.45, 2.75) is 42.9 Å². The Hall–Kier alpha value is -4.95. The molecule has 1 saturated heterocycles. The smallest absolute Gasteiger partial charge is 0.280 e. The number of methoxy groups -OCH3 is 1. The van der Waals surface area contributed by atoms with Crippen LogP contribution in [0.3, 0.4) is 0 Å². The zero-order valence-electron chi connectivity index (χ0n) is 23.6. The number of aromatic amines is 1. The van der Waals surface area contributed by atoms with Gasteiger partial charge in [0.25, 0.3) is 5.56 Å². The third kappa shape index (κ3) is 4.55. The highest BCUT2D eigenvalue weighted by Gasteiger charge is 2.55. The maximum atomic E-state index is 13.4. The lowest BCUT2D eigenvalue weighted by atomic mass is 9.77. The Kier molecular flexibility index (Phi) is 7.23. The lowest BCUT2D eigenvalue weighted by Gasteiger charge is -2.37. The molecule has 10 nitrogen and oxygen atoms in total. The van der Waals surface area contributed by atoms with Gasteiger partial charge in [0.1, 0.15) is 17.4 Å². The summed E-state index contributed by atoms with van der Waals surface area (Å²) in [5.41, 5.74) is -0.808. The molecule has 0 spiro atoms. The Morgan fingerprint density at radius 2 is 1.67 bits per heavy atom. The Morgan fingerprint density at radius 1 is 1.07 bits per heavy atom. The molecule has 4 atom stereocenters. The van der Waals surface area contributed by atoms with Crippen LogP contribution in [0.1, 0.15) is 36.3 Å². The minimum Gasteiger partial charge on any atom is -0.497 e. The fourth-order valence-electron chi connectivity index (χ4n) is 5.80. The molecular formula is C33H31N5O5. The molecule has 0 radical (unpaired) electrons. The van der Waals surface area contributed by atoms with E-state index < -0.39 is 35.1 Å². The van der Waals surface area contributed by atoms with Crippen LogP contribution in [0.5, 0.6) is 5.75 Å². The minimum absolute atomic E-state index is 0.0254. The summed E-state index contributed by atoms with van der Waals surface area (Å²) >= 11 is 0. The number of ether oxygens (including phenoxy) is 2. The van der Waals surface area contributed by atoms with Crippen molar-refractivity contribution < 1.29 is 19.7 Å². The van der Waals surface area contributed by atoms with Crippen molar-refractivity contribution in [2.24, 2.45) is 0 Å². The summed E-state index contributed by atoms with van der Waals surface area (Å²) in [6, 6.07) is 27.3. The normalized spacial score (nSPS) is 21.9. The van der Waals surface area contributed by atoms with Crippen LogP contribution in [0.25, 0.3) is 11.2 Å². The first-order chi connectivity index (χ1) is 20.8. The van der Waals surface area contributed by atoms with Crippen molar-refractivity contribution in [3.63, 3.8) is 0 Å². The van der Waals surface area contributed by atoms with E-state index in [0.717, 1.165) is 16.7 Å². The molecule has 2 aromatic heterocycles. The van der Waals surface area contributed by atoms with E-state index in [9.17, 15) is 15.0 Å². The molecule has 1 aliphatic heterocycles. The number of terminal acetylenes is 1. The molecule has 0 unspecified atom stereocenters. The Bertz CT molecular complexity index is 1790. The average molecular weight is 578 g/mol. The van der Waals surface area contributed by atoms with E-state index in [1.165, 1.54) is 10.9 Å². The maximum Gasteiger partial charge on any atom is 0.280 e. The second-order valence-electron chi connectivity index (χ2n) is 10.4. The molecule has 3 aromatic carbocycles. The van der Waals surface area contributed by atoms with Crippen LogP contribution in [0.2, 0.25) is 0 Å². The summed E-state index contributed by atoms with van der Waals surface area (Å²) in [4.78, 5) is 25.3. The fraction of sp³-hybridized carbons (Fsp3) is 0.242. The van der Waals surface area contributed by atoms with Crippen LogP contribution < -0.4 is 15.6 Å². The molecule has 3 heterocycles. The summed E-state index contributed by atoms with van der Waals surface area (Å²) in [7, 11) is 1.61. The molecular weight excluding hydrogens is 546 g/mol. The molecule has 0 bridgehead atoms. The third-order valence-electron chi connectivity index (χ3n) is 8.04. The Balaban J connectivity index is 1.56. The SMILES string of the molecule is C#C[C@@]1(O)[C@H](O)[C@@H](CC)O[C@H]1n1cnc2c(=O)[nH]c(NC(c3ccccc3)(c3ccccc3)c3ccc(OC)cc3)nc21. The van der Waals surface area contributed by atoms with Crippen molar-refractivity contribution >= 4 is 17.1 Å². The van der Waals surface area contributed by atoms with Crippen LogP contribution >= 0.6 is 0 Å². The molecule has 1 fully saturated rings. The lowest BCUT2D eigenvalue weighted by molar-refractivity contribution is -0.0684. The molecule has 0 aliphatic carbocycles. The van der Waals surface area contributed by atoms with E-state index in [2.05, 4.69) is 21.2 Å². The lowest BCUT2D eigenvalue weighted by Crippen LogP contribution is -2.45. The first-order valence-corrected chi connectivity index (χ1v) is 13.9. The molecule has 218 valence electrons. The van der Waals surface area contributed by atoms with E-state index in [1.807, 2.05) is 91.9 Å². The van der Waals surface area contributed by atoms with Crippen LogP contribution in [-0.4, -0.2) is 54.7 Å². The number of imidazole rings is 1. The Morgan fingerprint density at radius 3 is 2.23 bits per heavy atom. The predicted octanol–water partition coefficient (Wildman–Crippen LogP) is 3.56. The van der Waals surface area contributed by atoms with Gasteiger partial charge in [0.15, 0.2) is 23.0 Å². The largest absolute Gasteiger partial charge is 0.497 e. The zero-order valence-corrected chi connectivity index (χ0v) is 23.6. The maximum absolute atomic E-state index is 13.4. The summed E-state index contributed by atoms with van der Waals surface area (Å²) in [5, 5.41) is 25.6. The number of nitrogens with one attached hydrogen (secondary N) is 2. The number of fused-ring (bicyclic) bond motifs is 1. The summed E-state index contributed by atoms with van der Waals surface area (Å²) < 4.78 is 12.8. The first kappa shape index (κ1) is 28.2. The highest BCUT2D eigenvalue weighted by Crippen LogP contribution is 2.42. The van der Waals surface area contributed by atoms with Gasteiger partial charge in [0, 0.05) is 0 Å². The van der Waals surface area contributed by atoms with E-state index >= 15 is 0 Å². The van der Waals surface area contributed by atoms with Gasteiger partial charge in [-0.05, 0) is 35.2 Å². The van der Waals surface area contributed by atoms with Crippen LogP contribution in [0.4, 0.5) is 5.95 Å². The van der Waals surface area contributed by atoms with Crippen molar-refractivity contribution in [3.8, 4) is 18.1 Å². The van der Waals surface area contributed by atoms with Gasteiger partial charge in [-0.2, -0.15) is 4.98 Å². The van der Waals surface area contributed by atoms with Gasteiger partial charge >= 0.3 is 0 Å². The molecule has 10 heteroatoms. The second-order valence-corrected chi connectivity index (χ2v) is 10.4. The fourth-order valence-corrected chi connectivity index (χ4v) is 5.80. The second kappa shape index (κ2) is 11.0. The van der Waals surface area contributed by atoms with E-state index in [0.29, 0.717) is 12.2 Å². The number of aromatic nitrogens is 4. The molecule has 0 amide bonds. The van der Waals surface area contributed by atoms with Gasteiger partial charge in [-0.25, -0.2) is 4.98 Å². The predicted molar refractivity (Wildman–Crippen MR) is 162 cm³/mol. The van der Waals surface area contributed by atoms with E-state index in [1.54, 1.807) is 7.11 Å².